The minimum absolute atomic E-state index is 0.0482. The molecule has 1 saturated heterocycles. The van der Waals surface area contributed by atoms with Crippen molar-refractivity contribution in [3.63, 3.8) is 0 Å². The second kappa shape index (κ2) is 12.3. The van der Waals surface area contributed by atoms with E-state index in [4.69, 9.17) is 9.47 Å². The maximum absolute atomic E-state index is 12.3. The summed E-state index contributed by atoms with van der Waals surface area (Å²) in [6.07, 6.45) is 3.15. The predicted octanol–water partition coefficient (Wildman–Crippen LogP) is 2.83. The Bertz CT molecular complexity index is 1060. The maximum Gasteiger partial charge on any atom is 0.329 e. The van der Waals surface area contributed by atoms with E-state index in [1.807, 2.05) is 26.0 Å². The molecular formula is C24H27BrN4O5. The molecule has 3 rings (SSSR count). The van der Waals surface area contributed by atoms with Gasteiger partial charge in [-0.3, -0.25) is 14.4 Å². The highest BCUT2D eigenvalue weighted by molar-refractivity contribution is 9.10. The highest BCUT2D eigenvalue weighted by Crippen LogP contribution is 2.25. The Labute approximate surface area is 206 Å². The first kappa shape index (κ1) is 25.4. The van der Waals surface area contributed by atoms with Gasteiger partial charge >= 0.3 is 11.8 Å². The summed E-state index contributed by atoms with van der Waals surface area (Å²) in [5.74, 6) is -1.46. The topological polar surface area (TPSA) is 118 Å². The summed E-state index contributed by atoms with van der Waals surface area (Å²) in [5, 5.41) is 9.20. The van der Waals surface area contributed by atoms with Gasteiger partial charge in [-0.2, -0.15) is 5.10 Å². The first-order chi connectivity index (χ1) is 16.3. The van der Waals surface area contributed by atoms with Gasteiger partial charge in [0.25, 0.3) is 5.91 Å². The third-order valence-corrected chi connectivity index (χ3v) is 5.55. The van der Waals surface area contributed by atoms with Crippen molar-refractivity contribution >= 4 is 45.6 Å². The zero-order chi connectivity index (χ0) is 24.5. The van der Waals surface area contributed by atoms with E-state index >= 15 is 0 Å². The number of ether oxygens (including phenoxy) is 2. The normalized spacial score (nSPS) is 15.2. The van der Waals surface area contributed by atoms with E-state index in [-0.39, 0.29) is 18.6 Å². The number of amides is 3. The quantitative estimate of drug-likeness (QED) is 0.275. The molecule has 34 heavy (non-hydrogen) atoms. The lowest BCUT2D eigenvalue weighted by Crippen LogP contribution is -2.41. The van der Waals surface area contributed by atoms with Gasteiger partial charge in [-0.25, -0.2) is 5.43 Å². The molecule has 180 valence electrons. The minimum atomic E-state index is -0.864. The summed E-state index contributed by atoms with van der Waals surface area (Å²) in [6, 6.07) is 10.7. The fraction of sp³-hybridized carbons (Fsp3) is 0.333. The van der Waals surface area contributed by atoms with Gasteiger partial charge in [0, 0.05) is 23.3 Å². The molecule has 0 radical (unpaired) electrons. The van der Waals surface area contributed by atoms with Crippen LogP contribution < -0.4 is 20.8 Å². The van der Waals surface area contributed by atoms with E-state index in [1.165, 1.54) is 6.21 Å². The summed E-state index contributed by atoms with van der Waals surface area (Å²) in [6.45, 7) is 4.64. The molecule has 1 aliphatic rings. The maximum atomic E-state index is 12.3. The number of anilines is 1. The lowest BCUT2D eigenvalue weighted by atomic mass is 10.1. The average Bonchev–Trinajstić information content (AvgIpc) is 3.32. The van der Waals surface area contributed by atoms with Crippen molar-refractivity contribution < 1.29 is 23.9 Å². The lowest BCUT2D eigenvalue weighted by molar-refractivity contribution is -0.139. The van der Waals surface area contributed by atoms with Crippen LogP contribution in [-0.2, 0) is 19.1 Å². The fourth-order valence-corrected chi connectivity index (χ4v) is 4.11. The Balaban J connectivity index is 1.45. The molecule has 0 unspecified atom stereocenters. The molecular weight excluding hydrogens is 504 g/mol. The van der Waals surface area contributed by atoms with E-state index in [1.54, 1.807) is 24.3 Å². The third-order valence-electron chi connectivity index (χ3n) is 5.09. The third kappa shape index (κ3) is 7.67. The summed E-state index contributed by atoms with van der Waals surface area (Å²) in [4.78, 5) is 36.0. The molecule has 0 aromatic heterocycles. The van der Waals surface area contributed by atoms with Gasteiger partial charge in [-0.1, -0.05) is 28.1 Å². The number of hydrogen-bond acceptors (Lipinski definition) is 6. The molecule has 1 fully saturated rings. The number of rotatable bonds is 8. The minimum Gasteiger partial charge on any atom is -0.484 e. The molecule has 1 heterocycles. The SMILES string of the molecule is Cc1cc(Br)cc(C)c1NC(=O)COc1cccc(/C=N\NC(=O)C(=O)NC[C@H]2CCCO2)c1. The van der Waals surface area contributed by atoms with Crippen LogP contribution in [0.4, 0.5) is 5.69 Å². The number of nitrogens with zero attached hydrogens (tertiary/aromatic N) is 1. The molecule has 2 aromatic carbocycles. The Morgan fingerprint density at radius 3 is 2.65 bits per heavy atom. The van der Waals surface area contributed by atoms with E-state index < -0.39 is 11.8 Å². The Hall–Kier alpha value is -3.24. The predicted molar refractivity (Wildman–Crippen MR) is 132 cm³/mol. The van der Waals surface area contributed by atoms with Gasteiger partial charge in [-0.05, 0) is 67.6 Å². The summed E-state index contributed by atoms with van der Waals surface area (Å²) >= 11 is 3.44. The smallest absolute Gasteiger partial charge is 0.329 e. The Morgan fingerprint density at radius 2 is 1.94 bits per heavy atom. The molecule has 1 atom stereocenters. The number of carbonyl (C=O) groups is 3. The number of halogens is 1. The van der Waals surface area contributed by atoms with Gasteiger partial charge in [0.2, 0.25) is 0 Å². The first-order valence-corrected chi connectivity index (χ1v) is 11.6. The number of benzene rings is 2. The zero-order valence-electron chi connectivity index (χ0n) is 19.0. The molecule has 2 aromatic rings. The molecule has 0 spiro atoms. The summed E-state index contributed by atoms with van der Waals surface area (Å²) in [5.41, 5.74) is 5.46. The highest BCUT2D eigenvalue weighted by Gasteiger charge is 2.19. The van der Waals surface area contributed by atoms with Crippen molar-refractivity contribution in [2.75, 3.05) is 25.1 Å². The fourth-order valence-electron chi connectivity index (χ4n) is 3.43. The van der Waals surface area contributed by atoms with E-state index in [0.29, 0.717) is 24.5 Å². The molecule has 0 aliphatic carbocycles. The lowest BCUT2D eigenvalue weighted by Gasteiger charge is -2.13. The van der Waals surface area contributed by atoms with Gasteiger partial charge in [0.15, 0.2) is 6.61 Å². The Kier molecular flexibility index (Phi) is 9.17. The van der Waals surface area contributed by atoms with Crippen molar-refractivity contribution in [2.24, 2.45) is 5.10 Å². The largest absolute Gasteiger partial charge is 0.484 e. The molecule has 0 saturated carbocycles. The van der Waals surface area contributed by atoms with Crippen LogP contribution in [-0.4, -0.2) is 49.8 Å². The second-order valence-electron chi connectivity index (χ2n) is 7.87. The standard InChI is InChI=1S/C24H27BrN4O5/c1-15-9-18(25)10-16(2)22(15)28-21(30)14-34-19-6-3-5-17(11-19)12-27-29-24(32)23(31)26-13-20-7-4-8-33-20/h3,5-6,9-12,20H,4,7-8,13-14H2,1-2H3,(H,26,31)(H,28,30)(H,29,32)/b27-12-/t20-/m1/s1. The number of carbonyl (C=O) groups excluding carboxylic acids is 3. The van der Waals surface area contributed by atoms with Crippen LogP contribution in [0.25, 0.3) is 0 Å². The molecule has 1 aliphatic heterocycles. The van der Waals surface area contributed by atoms with Crippen LogP contribution in [0.3, 0.4) is 0 Å². The summed E-state index contributed by atoms with van der Waals surface area (Å²) in [7, 11) is 0. The van der Waals surface area contributed by atoms with Crippen molar-refractivity contribution in [3.8, 4) is 5.75 Å². The van der Waals surface area contributed by atoms with Gasteiger partial charge in [-0.15, -0.1) is 0 Å². The van der Waals surface area contributed by atoms with Crippen molar-refractivity contribution in [1.29, 1.82) is 0 Å². The van der Waals surface area contributed by atoms with Gasteiger partial charge < -0.3 is 20.1 Å². The van der Waals surface area contributed by atoms with E-state index in [0.717, 1.165) is 34.1 Å². The van der Waals surface area contributed by atoms with Crippen molar-refractivity contribution in [1.82, 2.24) is 10.7 Å². The monoisotopic (exact) mass is 530 g/mol. The molecule has 3 amide bonds. The number of aryl methyl sites for hydroxylation is 2. The van der Waals surface area contributed by atoms with Crippen LogP contribution in [0.2, 0.25) is 0 Å². The Morgan fingerprint density at radius 1 is 1.18 bits per heavy atom. The van der Waals surface area contributed by atoms with E-state index in [9.17, 15) is 14.4 Å². The summed E-state index contributed by atoms with van der Waals surface area (Å²) < 4.78 is 11.9. The van der Waals surface area contributed by atoms with Crippen LogP contribution in [0, 0.1) is 13.8 Å². The highest BCUT2D eigenvalue weighted by atomic mass is 79.9. The van der Waals surface area contributed by atoms with Crippen LogP contribution in [0.15, 0.2) is 46.0 Å². The van der Waals surface area contributed by atoms with Crippen molar-refractivity contribution in [2.45, 2.75) is 32.8 Å². The average molecular weight is 531 g/mol. The van der Waals surface area contributed by atoms with Gasteiger partial charge in [0.05, 0.1) is 12.3 Å². The molecule has 0 bridgehead atoms. The van der Waals surface area contributed by atoms with E-state index in [2.05, 4.69) is 37.1 Å². The van der Waals surface area contributed by atoms with Crippen LogP contribution in [0.1, 0.15) is 29.5 Å². The van der Waals surface area contributed by atoms with Crippen LogP contribution >= 0.6 is 15.9 Å². The molecule has 3 N–H and O–H groups in total. The number of nitrogens with one attached hydrogen (secondary N) is 3. The molecule has 9 nitrogen and oxygen atoms in total. The van der Waals surface area contributed by atoms with Gasteiger partial charge in [0.1, 0.15) is 5.75 Å². The molecule has 10 heteroatoms. The zero-order valence-corrected chi connectivity index (χ0v) is 20.6. The number of hydrazone groups is 1. The number of hydrogen-bond donors (Lipinski definition) is 3. The van der Waals surface area contributed by atoms with Crippen molar-refractivity contribution in [3.05, 3.63) is 57.6 Å². The van der Waals surface area contributed by atoms with Crippen LogP contribution in [0.5, 0.6) is 5.75 Å². The first-order valence-electron chi connectivity index (χ1n) is 10.8. The second-order valence-corrected chi connectivity index (χ2v) is 8.78.